The maximum Gasteiger partial charge on any atom is 0.354 e. The van der Waals surface area contributed by atoms with Crippen LogP contribution in [-0.2, 0) is 13.6 Å². The molecule has 0 spiro atoms. The van der Waals surface area contributed by atoms with Crippen LogP contribution in [0, 0.1) is 0 Å². The van der Waals surface area contributed by atoms with Crippen LogP contribution in [0.25, 0.3) is 0 Å². The van der Waals surface area contributed by atoms with Gasteiger partial charge in [-0.2, -0.15) is 0 Å². The van der Waals surface area contributed by atoms with E-state index in [1.165, 1.54) is 0 Å². The molecule has 4 nitrogen and oxygen atoms in total. The van der Waals surface area contributed by atoms with Crippen LogP contribution in [0.5, 0.6) is 0 Å². The normalized spacial score (nSPS) is 13.1. The fourth-order valence-electron chi connectivity index (χ4n) is 0.696. The summed E-state index contributed by atoms with van der Waals surface area (Å²) in [6.45, 7) is 6.73. The second-order valence-corrected chi connectivity index (χ2v) is 11.6. The van der Waals surface area contributed by atoms with Crippen molar-refractivity contribution in [1.29, 1.82) is 0 Å². The molecule has 0 rings (SSSR count). The third-order valence-corrected chi connectivity index (χ3v) is 4.66. The van der Waals surface area contributed by atoms with Gasteiger partial charge in [0.15, 0.2) is 0 Å². The maximum atomic E-state index is 5.15. The van der Waals surface area contributed by atoms with Gasteiger partial charge in [0, 0.05) is 27.5 Å². The summed E-state index contributed by atoms with van der Waals surface area (Å²) in [7, 11) is 1.12. The molecule has 80 valence electrons. The minimum Gasteiger partial charge on any atom is -0.306 e. The van der Waals surface area contributed by atoms with Gasteiger partial charge in [0.2, 0.25) is 0 Å². The van der Waals surface area contributed by atoms with E-state index in [2.05, 4.69) is 24.4 Å². The minimum absolute atomic E-state index is 0.802. The third-order valence-electron chi connectivity index (χ3n) is 1.41. The van der Waals surface area contributed by atoms with Gasteiger partial charge in [0.25, 0.3) is 0 Å². The zero-order valence-electron chi connectivity index (χ0n) is 9.33. The number of hydrogen-bond acceptors (Lipinski definition) is 4. The molecule has 0 aromatic heterocycles. The van der Waals surface area contributed by atoms with Crippen molar-refractivity contribution in [1.82, 2.24) is 0 Å². The molecule has 0 aliphatic heterocycles. The van der Waals surface area contributed by atoms with Crippen molar-refractivity contribution in [3.05, 3.63) is 0 Å². The number of nitrogens with zero attached hydrogens (tertiary/aromatic N) is 1. The van der Waals surface area contributed by atoms with Crippen molar-refractivity contribution >= 4 is 15.8 Å². The van der Waals surface area contributed by atoms with Crippen molar-refractivity contribution in [2.75, 3.05) is 27.5 Å². The highest BCUT2D eigenvalue weighted by molar-refractivity contribution is 7.51. The molecular formula is C7H20NO3PSi. The molecule has 0 aliphatic rings. The first-order chi connectivity index (χ1) is 5.89. The Balaban J connectivity index is 4.54. The minimum atomic E-state index is -2.38. The van der Waals surface area contributed by atoms with Crippen LogP contribution in [0.4, 0.5) is 0 Å². The molecule has 13 heavy (non-hydrogen) atoms. The fourth-order valence-corrected chi connectivity index (χ4v) is 3.88. The van der Waals surface area contributed by atoms with Gasteiger partial charge >= 0.3 is 7.74 Å². The van der Waals surface area contributed by atoms with E-state index in [1.807, 2.05) is 0 Å². The van der Waals surface area contributed by atoms with Gasteiger partial charge in [-0.25, -0.2) is 4.74 Å². The molecule has 0 saturated heterocycles. The van der Waals surface area contributed by atoms with Crippen LogP contribution in [-0.4, -0.2) is 35.6 Å². The van der Waals surface area contributed by atoms with Crippen LogP contribution < -0.4 is 0 Å². The molecule has 0 heterocycles. The first kappa shape index (κ1) is 13.3. The summed E-state index contributed by atoms with van der Waals surface area (Å²) in [5.74, 6) is 0. The molecule has 0 atom stereocenters. The smallest absolute Gasteiger partial charge is 0.306 e. The molecule has 6 heteroatoms. The van der Waals surface area contributed by atoms with Crippen LogP contribution in [0.2, 0.25) is 19.6 Å². The largest absolute Gasteiger partial charge is 0.354 e. The molecule has 0 saturated carbocycles. The van der Waals surface area contributed by atoms with Crippen molar-refractivity contribution in [2.45, 2.75) is 19.6 Å². The summed E-state index contributed by atoms with van der Waals surface area (Å²) in [6.07, 6.45) is 0.802. The van der Waals surface area contributed by atoms with Gasteiger partial charge in [-0.1, -0.05) is 19.6 Å². The topological polar surface area (TPSA) is 40.0 Å². The van der Waals surface area contributed by atoms with Crippen molar-refractivity contribution in [2.24, 2.45) is 4.74 Å². The summed E-state index contributed by atoms with van der Waals surface area (Å²) in [4.78, 5) is 0. The molecular weight excluding hydrogens is 205 g/mol. The third kappa shape index (κ3) is 4.93. The van der Waals surface area contributed by atoms with Gasteiger partial charge in [-0.05, 0) is 0 Å². The Morgan fingerprint density at radius 3 is 1.62 bits per heavy atom. The summed E-state index contributed by atoms with van der Waals surface area (Å²) >= 11 is 0. The zero-order chi connectivity index (χ0) is 10.5. The Bertz CT molecular complexity index is 183. The highest BCUT2D eigenvalue weighted by Gasteiger charge is 2.21. The summed E-state index contributed by atoms with van der Waals surface area (Å²) < 4.78 is 19.8. The van der Waals surface area contributed by atoms with Crippen molar-refractivity contribution < 1.29 is 13.6 Å². The van der Waals surface area contributed by atoms with E-state index in [9.17, 15) is 0 Å². The average Bonchev–Trinajstić information content (AvgIpc) is 2.06. The van der Waals surface area contributed by atoms with Crippen molar-refractivity contribution in [3.8, 4) is 0 Å². The van der Waals surface area contributed by atoms with E-state index in [1.54, 1.807) is 21.3 Å². The number of rotatable bonds is 5. The Morgan fingerprint density at radius 1 is 1.00 bits per heavy atom. The standard InChI is InChI=1S/C7H20NO3PSi/c1-9-12(10-2,11-3)8-7-13(4,5)6/h7H2,1-6H3. The predicted molar refractivity (Wildman–Crippen MR) is 58.6 cm³/mol. The predicted octanol–water partition coefficient (Wildman–Crippen LogP) is 2.75. The SMILES string of the molecule is COP(=NC[Si](C)(C)C)(OC)OC. The zero-order valence-corrected chi connectivity index (χ0v) is 11.2. The van der Waals surface area contributed by atoms with Gasteiger partial charge in [0.05, 0.1) is 8.07 Å². The average molecular weight is 225 g/mol. The monoisotopic (exact) mass is 225 g/mol. The quantitative estimate of drug-likeness (QED) is 0.533. The molecule has 0 unspecified atom stereocenters. The van der Waals surface area contributed by atoms with Crippen LogP contribution in [0.15, 0.2) is 4.74 Å². The molecule has 0 radical (unpaired) electrons. The van der Waals surface area contributed by atoms with Gasteiger partial charge in [0.1, 0.15) is 0 Å². The molecule has 0 N–H and O–H groups in total. The van der Waals surface area contributed by atoms with Gasteiger partial charge in [-0.3, -0.25) is 0 Å². The Hall–Kier alpha value is 0.327. The highest BCUT2D eigenvalue weighted by atomic mass is 31.2. The lowest BCUT2D eigenvalue weighted by molar-refractivity contribution is 0.223. The maximum absolute atomic E-state index is 5.15. The van der Waals surface area contributed by atoms with E-state index in [-0.39, 0.29) is 0 Å². The van der Waals surface area contributed by atoms with Crippen LogP contribution >= 0.6 is 7.74 Å². The van der Waals surface area contributed by atoms with Gasteiger partial charge < -0.3 is 13.6 Å². The first-order valence-electron chi connectivity index (χ1n) is 4.14. The molecule has 0 bridgehead atoms. The van der Waals surface area contributed by atoms with Gasteiger partial charge in [-0.15, -0.1) is 0 Å². The van der Waals surface area contributed by atoms with Crippen LogP contribution in [0.3, 0.4) is 0 Å². The molecule has 0 fully saturated rings. The number of hydrogen-bond donors (Lipinski definition) is 0. The summed E-state index contributed by atoms with van der Waals surface area (Å²) in [5.41, 5.74) is 0. The summed E-state index contributed by atoms with van der Waals surface area (Å²) in [5, 5.41) is 0. The Morgan fingerprint density at radius 2 is 1.38 bits per heavy atom. The van der Waals surface area contributed by atoms with E-state index in [0.717, 1.165) is 6.17 Å². The van der Waals surface area contributed by atoms with Crippen LogP contribution in [0.1, 0.15) is 0 Å². The molecule has 0 aromatic rings. The second kappa shape index (κ2) is 5.27. The van der Waals surface area contributed by atoms with Crippen molar-refractivity contribution in [3.63, 3.8) is 0 Å². The lowest BCUT2D eigenvalue weighted by Gasteiger charge is -2.20. The second-order valence-electron chi connectivity index (χ2n) is 3.88. The lowest BCUT2D eigenvalue weighted by Crippen LogP contribution is -2.24. The van der Waals surface area contributed by atoms with E-state index >= 15 is 0 Å². The first-order valence-corrected chi connectivity index (χ1v) is 9.34. The summed E-state index contributed by atoms with van der Waals surface area (Å²) in [6, 6.07) is 0. The Labute approximate surface area is 81.9 Å². The van der Waals surface area contributed by atoms with E-state index in [4.69, 9.17) is 13.6 Å². The molecule has 0 aromatic carbocycles. The van der Waals surface area contributed by atoms with E-state index < -0.39 is 15.8 Å². The highest BCUT2D eigenvalue weighted by Crippen LogP contribution is 2.50. The fraction of sp³-hybridized carbons (Fsp3) is 1.00. The van der Waals surface area contributed by atoms with E-state index in [0.29, 0.717) is 0 Å². The lowest BCUT2D eigenvalue weighted by atomic mass is 11.5. The molecule has 0 amide bonds. The Kier molecular flexibility index (Phi) is 5.40. The molecule has 0 aliphatic carbocycles.